The van der Waals surface area contributed by atoms with E-state index in [4.69, 9.17) is 0 Å². The summed E-state index contributed by atoms with van der Waals surface area (Å²) in [5, 5.41) is 8.27. The van der Waals surface area contributed by atoms with Gasteiger partial charge in [-0.2, -0.15) is 5.10 Å². The Morgan fingerprint density at radius 1 is 1.12 bits per heavy atom. The molecular weight excluding hydrogens is 322 g/mol. The van der Waals surface area contributed by atoms with Gasteiger partial charge in [0.2, 0.25) is 0 Å². The normalized spacial score (nSPS) is 17.0. The first-order chi connectivity index (χ1) is 12.8. The molecule has 26 heavy (non-hydrogen) atoms. The van der Waals surface area contributed by atoms with Gasteiger partial charge >= 0.3 is 0 Å². The van der Waals surface area contributed by atoms with E-state index in [1.54, 1.807) is 0 Å². The van der Waals surface area contributed by atoms with Crippen molar-refractivity contribution in [3.05, 3.63) is 66.6 Å². The third-order valence-corrected chi connectivity index (χ3v) is 5.01. The van der Waals surface area contributed by atoms with Crippen molar-refractivity contribution < 1.29 is 0 Å². The van der Waals surface area contributed by atoms with E-state index >= 15 is 0 Å². The predicted molar refractivity (Wildman–Crippen MR) is 105 cm³/mol. The molecule has 3 heterocycles. The van der Waals surface area contributed by atoms with Crippen molar-refractivity contribution >= 4 is 5.69 Å². The third-order valence-electron chi connectivity index (χ3n) is 5.01. The van der Waals surface area contributed by atoms with Crippen LogP contribution < -0.4 is 10.2 Å². The highest BCUT2D eigenvalue weighted by molar-refractivity contribution is 5.61. The van der Waals surface area contributed by atoms with E-state index in [-0.39, 0.29) is 0 Å². The Morgan fingerprint density at radius 3 is 2.73 bits per heavy atom. The number of pyridine rings is 1. The summed E-state index contributed by atoms with van der Waals surface area (Å²) in [4.78, 5) is 6.58. The molecule has 0 radical (unpaired) electrons. The van der Waals surface area contributed by atoms with Crippen LogP contribution in [0.3, 0.4) is 0 Å². The van der Waals surface area contributed by atoms with Gasteiger partial charge in [-0.05, 0) is 36.6 Å². The smallest absolute Gasteiger partial charge is 0.0969 e. The number of rotatable bonds is 6. The maximum atomic E-state index is 4.62. The van der Waals surface area contributed by atoms with Crippen LogP contribution in [0.15, 0.2) is 61.1 Å². The highest BCUT2D eigenvalue weighted by atomic mass is 15.3. The molecule has 1 aliphatic heterocycles. The summed E-state index contributed by atoms with van der Waals surface area (Å²) in [5.41, 5.74) is 4.73. The van der Waals surface area contributed by atoms with Crippen molar-refractivity contribution in [2.24, 2.45) is 13.0 Å². The highest BCUT2D eigenvalue weighted by Crippen LogP contribution is 2.24. The molecule has 0 amide bonds. The Labute approximate surface area is 154 Å². The average Bonchev–Trinajstić information content (AvgIpc) is 3.30. The van der Waals surface area contributed by atoms with Crippen molar-refractivity contribution in [1.29, 1.82) is 0 Å². The van der Waals surface area contributed by atoms with Gasteiger partial charge in [0.25, 0.3) is 0 Å². The van der Waals surface area contributed by atoms with Gasteiger partial charge in [0.1, 0.15) is 0 Å². The third kappa shape index (κ3) is 3.78. The molecule has 4 rings (SSSR count). The first kappa shape index (κ1) is 16.8. The van der Waals surface area contributed by atoms with E-state index in [9.17, 15) is 0 Å². The summed E-state index contributed by atoms with van der Waals surface area (Å²) in [6.07, 6.45) is 6.98. The fourth-order valence-electron chi connectivity index (χ4n) is 3.70. The second-order valence-corrected chi connectivity index (χ2v) is 6.98. The van der Waals surface area contributed by atoms with Gasteiger partial charge in [-0.3, -0.25) is 9.67 Å². The summed E-state index contributed by atoms with van der Waals surface area (Å²) in [7, 11) is 1.98. The molecule has 1 atom stereocenters. The van der Waals surface area contributed by atoms with Gasteiger partial charge in [0.15, 0.2) is 0 Å². The molecule has 0 aliphatic carbocycles. The van der Waals surface area contributed by atoms with Crippen LogP contribution in [0.4, 0.5) is 5.69 Å². The molecule has 2 aromatic heterocycles. The molecule has 0 spiro atoms. The number of hydrogen-bond acceptors (Lipinski definition) is 4. The Bertz CT molecular complexity index is 828. The summed E-state index contributed by atoms with van der Waals surface area (Å²) in [5.74, 6) is 0.691. The van der Waals surface area contributed by atoms with Gasteiger partial charge < -0.3 is 10.2 Å². The van der Waals surface area contributed by atoms with E-state index in [0.29, 0.717) is 5.92 Å². The summed E-state index contributed by atoms with van der Waals surface area (Å²) < 4.78 is 1.89. The molecule has 134 valence electrons. The molecule has 1 N–H and O–H groups in total. The van der Waals surface area contributed by atoms with E-state index in [1.165, 1.54) is 17.7 Å². The minimum Gasteiger partial charge on any atom is -0.371 e. The maximum absolute atomic E-state index is 4.62. The van der Waals surface area contributed by atoms with E-state index in [1.807, 2.05) is 36.3 Å². The minimum atomic E-state index is 0.691. The Kier molecular flexibility index (Phi) is 4.97. The Balaban J connectivity index is 1.33. The average molecular weight is 347 g/mol. The van der Waals surface area contributed by atoms with Gasteiger partial charge in [0, 0.05) is 68.6 Å². The first-order valence-electron chi connectivity index (χ1n) is 9.23. The van der Waals surface area contributed by atoms with Crippen molar-refractivity contribution in [2.75, 3.05) is 24.5 Å². The molecule has 0 unspecified atom stereocenters. The van der Waals surface area contributed by atoms with Crippen LogP contribution in [0.25, 0.3) is 11.3 Å². The van der Waals surface area contributed by atoms with Crippen molar-refractivity contribution in [3.8, 4) is 11.3 Å². The fraction of sp³-hybridized carbons (Fsp3) is 0.333. The maximum Gasteiger partial charge on any atom is 0.0969 e. The SMILES string of the molecule is Cn1cc(CNC[C@@H]2CCN(c3ccccc3)C2)c(-c2ccncc2)n1. The molecule has 5 heteroatoms. The highest BCUT2D eigenvalue weighted by Gasteiger charge is 2.22. The number of hydrogen-bond donors (Lipinski definition) is 1. The minimum absolute atomic E-state index is 0.691. The number of aromatic nitrogens is 3. The lowest BCUT2D eigenvalue weighted by Crippen LogP contribution is -2.26. The van der Waals surface area contributed by atoms with Crippen molar-refractivity contribution in [1.82, 2.24) is 20.1 Å². The zero-order valence-corrected chi connectivity index (χ0v) is 15.2. The monoisotopic (exact) mass is 347 g/mol. The topological polar surface area (TPSA) is 46.0 Å². The van der Waals surface area contributed by atoms with Gasteiger partial charge in [-0.25, -0.2) is 0 Å². The molecule has 1 aliphatic rings. The first-order valence-corrected chi connectivity index (χ1v) is 9.23. The predicted octanol–water partition coefficient (Wildman–Crippen LogP) is 3.10. The molecule has 1 fully saturated rings. The summed E-state index contributed by atoms with van der Waals surface area (Å²) in [6, 6.07) is 14.7. The second-order valence-electron chi connectivity index (χ2n) is 6.98. The fourth-order valence-corrected chi connectivity index (χ4v) is 3.70. The number of nitrogens with zero attached hydrogens (tertiary/aromatic N) is 4. The number of para-hydroxylation sites is 1. The molecule has 0 saturated carbocycles. The van der Waals surface area contributed by atoms with E-state index in [2.05, 4.69) is 56.8 Å². The van der Waals surface area contributed by atoms with Crippen LogP contribution in [0.1, 0.15) is 12.0 Å². The largest absolute Gasteiger partial charge is 0.371 e. The second kappa shape index (κ2) is 7.70. The lowest BCUT2D eigenvalue weighted by molar-refractivity contribution is 0.517. The van der Waals surface area contributed by atoms with Crippen LogP contribution in [0.2, 0.25) is 0 Å². The van der Waals surface area contributed by atoms with Crippen LogP contribution in [-0.2, 0) is 13.6 Å². The summed E-state index contributed by atoms with van der Waals surface area (Å²) in [6.45, 7) is 4.15. The van der Waals surface area contributed by atoms with Gasteiger partial charge in [-0.15, -0.1) is 0 Å². The van der Waals surface area contributed by atoms with Crippen LogP contribution >= 0.6 is 0 Å². The molecule has 1 aromatic carbocycles. The zero-order valence-electron chi connectivity index (χ0n) is 15.2. The number of benzene rings is 1. The molecule has 3 aromatic rings. The van der Waals surface area contributed by atoms with Crippen LogP contribution in [0.5, 0.6) is 0 Å². The lowest BCUT2D eigenvalue weighted by atomic mass is 10.1. The molecule has 0 bridgehead atoms. The standard InChI is InChI=1S/C21H25N5/c1-25-16-19(21(24-25)18-7-10-22-11-8-18)14-23-13-17-9-12-26(15-17)20-5-3-2-4-6-20/h2-8,10-11,16-17,23H,9,12-15H2,1H3/t17-/m0/s1. The lowest BCUT2D eigenvalue weighted by Gasteiger charge is -2.18. The number of nitrogens with one attached hydrogen (secondary N) is 1. The Hall–Kier alpha value is -2.66. The zero-order chi connectivity index (χ0) is 17.8. The number of aryl methyl sites for hydroxylation is 1. The van der Waals surface area contributed by atoms with Crippen molar-refractivity contribution in [2.45, 2.75) is 13.0 Å². The molecule has 5 nitrogen and oxygen atoms in total. The van der Waals surface area contributed by atoms with E-state index in [0.717, 1.165) is 37.4 Å². The van der Waals surface area contributed by atoms with Crippen LogP contribution in [-0.4, -0.2) is 34.4 Å². The van der Waals surface area contributed by atoms with E-state index < -0.39 is 0 Å². The quantitative estimate of drug-likeness (QED) is 0.744. The Morgan fingerprint density at radius 2 is 1.92 bits per heavy atom. The number of anilines is 1. The van der Waals surface area contributed by atoms with Gasteiger partial charge in [-0.1, -0.05) is 18.2 Å². The van der Waals surface area contributed by atoms with Gasteiger partial charge in [0.05, 0.1) is 5.69 Å². The van der Waals surface area contributed by atoms with Crippen LogP contribution in [0, 0.1) is 5.92 Å². The molecule has 1 saturated heterocycles. The van der Waals surface area contributed by atoms with Crippen molar-refractivity contribution in [3.63, 3.8) is 0 Å². The molecular formula is C21H25N5. The summed E-state index contributed by atoms with van der Waals surface area (Å²) >= 11 is 0.